The average Bonchev–Trinajstić information content (AvgIpc) is 3.12. The van der Waals surface area contributed by atoms with Crippen molar-refractivity contribution < 1.29 is 13.9 Å². The highest BCUT2D eigenvalue weighted by atomic mass is 35.5. The van der Waals surface area contributed by atoms with E-state index in [1.165, 1.54) is 12.1 Å². The van der Waals surface area contributed by atoms with E-state index < -0.39 is 0 Å². The smallest absolute Gasteiger partial charge is 0.341 e. The van der Waals surface area contributed by atoms with Gasteiger partial charge < -0.3 is 4.74 Å². The number of halogens is 2. The molecule has 3 heterocycles. The molecule has 0 fully saturated rings. The molecule has 0 radical (unpaired) electrons. The minimum atomic E-state index is -0.378. The summed E-state index contributed by atoms with van der Waals surface area (Å²) in [6.07, 6.45) is 3.48. The van der Waals surface area contributed by atoms with E-state index in [2.05, 4.69) is 10.1 Å². The number of ether oxygens (including phenoxy) is 1. The van der Waals surface area contributed by atoms with Gasteiger partial charge in [0.2, 0.25) is 0 Å². The molecule has 122 valence electrons. The van der Waals surface area contributed by atoms with Crippen LogP contribution in [0.4, 0.5) is 4.39 Å². The number of carbonyl (C=O) groups is 1. The second-order valence-electron chi connectivity index (χ2n) is 5.33. The van der Waals surface area contributed by atoms with Crippen LogP contribution in [0, 0.1) is 5.82 Å². The van der Waals surface area contributed by atoms with Gasteiger partial charge in [0.25, 0.3) is 0 Å². The fourth-order valence-electron chi connectivity index (χ4n) is 2.78. The summed E-state index contributed by atoms with van der Waals surface area (Å²) >= 11 is 0. The van der Waals surface area contributed by atoms with Crippen molar-refractivity contribution in [2.45, 2.75) is 6.61 Å². The minimum absolute atomic E-state index is 0. The number of esters is 1. The van der Waals surface area contributed by atoms with Crippen molar-refractivity contribution in [3.8, 4) is 22.4 Å². The summed E-state index contributed by atoms with van der Waals surface area (Å²) in [7, 11) is 1.80. The highest BCUT2D eigenvalue weighted by Gasteiger charge is 2.28. The molecule has 7 heteroatoms. The zero-order valence-electron chi connectivity index (χ0n) is 12.7. The predicted molar refractivity (Wildman–Crippen MR) is 88.2 cm³/mol. The first-order valence-electron chi connectivity index (χ1n) is 7.08. The molecule has 3 aromatic rings. The van der Waals surface area contributed by atoms with Crippen LogP contribution < -0.4 is 0 Å². The predicted octanol–water partition coefficient (Wildman–Crippen LogP) is 3.38. The highest BCUT2D eigenvalue weighted by molar-refractivity contribution is 6.01. The first-order chi connectivity index (χ1) is 11.1. The Morgan fingerprint density at radius 3 is 2.67 bits per heavy atom. The molecule has 0 atom stereocenters. The molecule has 1 aromatic carbocycles. The number of aryl methyl sites for hydroxylation is 1. The first-order valence-corrected chi connectivity index (χ1v) is 7.08. The van der Waals surface area contributed by atoms with Gasteiger partial charge >= 0.3 is 5.97 Å². The van der Waals surface area contributed by atoms with Crippen molar-refractivity contribution in [2.75, 3.05) is 0 Å². The molecule has 5 nitrogen and oxygen atoms in total. The van der Waals surface area contributed by atoms with Crippen molar-refractivity contribution in [1.29, 1.82) is 0 Å². The van der Waals surface area contributed by atoms with Crippen LogP contribution in [0.3, 0.4) is 0 Å². The first kappa shape index (κ1) is 16.1. The molecular formula is C17H13ClFN3O2. The van der Waals surface area contributed by atoms with E-state index in [-0.39, 0.29) is 30.8 Å². The largest absolute Gasteiger partial charge is 0.455 e. The van der Waals surface area contributed by atoms with E-state index in [1.807, 2.05) is 6.20 Å². The standard InChI is InChI=1S/C17H12FN3O2.ClH/c1-21-8-13(16(20-21)10-2-4-11(18)5-3-10)12-6-7-19-14-9-23-17(22)15(12)14;/h2-8H,9H2,1H3;1H. The van der Waals surface area contributed by atoms with Crippen LogP contribution in [0.1, 0.15) is 16.1 Å². The number of cyclic esters (lactones) is 1. The van der Waals surface area contributed by atoms with Crippen LogP contribution in [0.25, 0.3) is 22.4 Å². The summed E-state index contributed by atoms with van der Waals surface area (Å²) in [6.45, 7) is 0.189. The Morgan fingerprint density at radius 2 is 1.92 bits per heavy atom. The Balaban J connectivity index is 0.00000169. The van der Waals surface area contributed by atoms with Gasteiger partial charge in [-0.15, -0.1) is 12.4 Å². The summed E-state index contributed by atoms with van der Waals surface area (Å²) in [5, 5.41) is 4.46. The van der Waals surface area contributed by atoms with E-state index in [1.54, 1.807) is 36.1 Å². The number of carbonyl (C=O) groups excluding carboxylic acids is 1. The zero-order valence-corrected chi connectivity index (χ0v) is 13.5. The molecular weight excluding hydrogens is 333 g/mol. The van der Waals surface area contributed by atoms with Gasteiger partial charge in [-0.1, -0.05) is 0 Å². The SMILES string of the molecule is Cl.Cn1cc(-c2ccnc3c2C(=O)OC3)c(-c2ccc(F)cc2)n1. The Labute approximate surface area is 143 Å². The Morgan fingerprint density at radius 1 is 1.17 bits per heavy atom. The molecule has 0 aliphatic carbocycles. The Hall–Kier alpha value is -2.73. The third-order valence-electron chi connectivity index (χ3n) is 3.81. The van der Waals surface area contributed by atoms with Crippen molar-refractivity contribution >= 4 is 18.4 Å². The lowest BCUT2D eigenvalue weighted by Crippen LogP contribution is -1.98. The van der Waals surface area contributed by atoms with Crippen LogP contribution in [0.2, 0.25) is 0 Å². The summed E-state index contributed by atoms with van der Waals surface area (Å²) < 4.78 is 19.9. The van der Waals surface area contributed by atoms with Crippen molar-refractivity contribution in [2.24, 2.45) is 7.05 Å². The molecule has 24 heavy (non-hydrogen) atoms. The lowest BCUT2D eigenvalue weighted by molar-refractivity contribution is 0.0534. The van der Waals surface area contributed by atoms with Crippen molar-refractivity contribution in [3.63, 3.8) is 0 Å². The van der Waals surface area contributed by atoms with E-state index in [9.17, 15) is 9.18 Å². The van der Waals surface area contributed by atoms with Gasteiger partial charge in [-0.05, 0) is 30.3 Å². The van der Waals surface area contributed by atoms with Crippen LogP contribution >= 0.6 is 12.4 Å². The monoisotopic (exact) mass is 345 g/mol. The maximum absolute atomic E-state index is 13.2. The lowest BCUT2D eigenvalue weighted by Gasteiger charge is -2.06. The summed E-state index contributed by atoms with van der Waals surface area (Å²) in [5.41, 5.74) is 4.08. The highest BCUT2D eigenvalue weighted by Crippen LogP contribution is 2.35. The van der Waals surface area contributed by atoms with Crippen molar-refractivity contribution in [3.05, 3.63) is 59.8 Å². The normalized spacial score (nSPS) is 12.5. The molecule has 0 spiro atoms. The van der Waals surface area contributed by atoms with Crippen molar-refractivity contribution in [1.82, 2.24) is 14.8 Å². The molecule has 0 N–H and O–H groups in total. The Bertz CT molecular complexity index is 922. The molecule has 0 amide bonds. The fourth-order valence-corrected chi connectivity index (χ4v) is 2.78. The molecule has 2 aromatic heterocycles. The number of aromatic nitrogens is 3. The van der Waals surface area contributed by atoms with Gasteiger partial charge in [-0.2, -0.15) is 5.10 Å². The minimum Gasteiger partial charge on any atom is -0.455 e. The van der Waals surface area contributed by atoms with Crippen LogP contribution in [0.5, 0.6) is 0 Å². The quantitative estimate of drug-likeness (QED) is 0.668. The summed E-state index contributed by atoms with van der Waals surface area (Å²) in [6, 6.07) is 7.88. The van der Waals surface area contributed by atoms with Crippen LogP contribution in [-0.2, 0) is 18.4 Å². The number of rotatable bonds is 2. The number of pyridine rings is 1. The van der Waals surface area contributed by atoms with Crippen LogP contribution in [0.15, 0.2) is 42.7 Å². The molecule has 4 rings (SSSR count). The number of hydrogen-bond acceptors (Lipinski definition) is 4. The molecule has 0 unspecified atom stereocenters. The van der Waals surface area contributed by atoms with Gasteiger partial charge in [-0.3, -0.25) is 9.67 Å². The number of fused-ring (bicyclic) bond motifs is 1. The summed E-state index contributed by atoms with van der Waals surface area (Å²) in [4.78, 5) is 16.2. The number of nitrogens with zero attached hydrogens (tertiary/aromatic N) is 3. The maximum atomic E-state index is 13.2. The molecule has 0 saturated heterocycles. The number of hydrogen-bond donors (Lipinski definition) is 0. The fraction of sp³-hybridized carbons (Fsp3) is 0.118. The van der Waals surface area contributed by atoms with E-state index in [0.29, 0.717) is 17.0 Å². The number of benzene rings is 1. The zero-order chi connectivity index (χ0) is 16.0. The third-order valence-corrected chi connectivity index (χ3v) is 3.81. The third kappa shape index (κ3) is 2.55. The topological polar surface area (TPSA) is 57.0 Å². The maximum Gasteiger partial charge on any atom is 0.341 e. The van der Waals surface area contributed by atoms with Gasteiger partial charge in [0.1, 0.15) is 18.1 Å². The van der Waals surface area contributed by atoms with Gasteiger partial charge in [0.15, 0.2) is 0 Å². The summed E-state index contributed by atoms with van der Waals surface area (Å²) in [5.74, 6) is -0.684. The molecule has 1 aliphatic heterocycles. The van der Waals surface area contributed by atoms with Gasteiger partial charge in [0.05, 0.1) is 11.3 Å². The van der Waals surface area contributed by atoms with E-state index >= 15 is 0 Å². The average molecular weight is 346 g/mol. The second-order valence-corrected chi connectivity index (χ2v) is 5.33. The molecule has 0 saturated carbocycles. The van der Waals surface area contributed by atoms with E-state index in [4.69, 9.17) is 4.74 Å². The van der Waals surface area contributed by atoms with Gasteiger partial charge in [0, 0.05) is 36.1 Å². The lowest BCUT2D eigenvalue weighted by atomic mass is 9.97. The molecule has 0 bridgehead atoms. The van der Waals surface area contributed by atoms with Gasteiger partial charge in [-0.25, -0.2) is 9.18 Å². The van der Waals surface area contributed by atoms with Crippen LogP contribution in [-0.4, -0.2) is 20.7 Å². The molecule has 1 aliphatic rings. The van der Waals surface area contributed by atoms with E-state index in [0.717, 1.165) is 16.7 Å². The Kier molecular flexibility index (Phi) is 4.07. The second kappa shape index (κ2) is 6.05.